The molecule has 0 bridgehead atoms. The fourth-order valence-electron chi connectivity index (χ4n) is 0.854. The molecular formula is C9H22O4S. The van der Waals surface area contributed by atoms with Crippen molar-refractivity contribution in [1.82, 2.24) is 0 Å². The van der Waals surface area contributed by atoms with Crippen LogP contribution in [0.15, 0.2) is 0 Å². The van der Waals surface area contributed by atoms with Crippen LogP contribution in [0.5, 0.6) is 0 Å². The molecule has 4 nitrogen and oxygen atoms in total. The van der Waals surface area contributed by atoms with Crippen molar-refractivity contribution in [2.45, 2.75) is 52.4 Å². The number of rotatable bonds is 6. The zero-order chi connectivity index (χ0) is 11.4. The van der Waals surface area contributed by atoms with Crippen molar-refractivity contribution in [2.75, 3.05) is 7.11 Å². The van der Waals surface area contributed by atoms with Gasteiger partial charge in [0.25, 0.3) is 0 Å². The van der Waals surface area contributed by atoms with Gasteiger partial charge in [0.05, 0.1) is 7.11 Å². The third kappa shape index (κ3) is 22.6. The van der Waals surface area contributed by atoms with Gasteiger partial charge >= 0.3 is 10.4 Å². The third-order valence-electron chi connectivity index (χ3n) is 1.67. The van der Waals surface area contributed by atoms with E-state index in [0.29, 0.717) is 0 Å². The van der Waals surface area contributed by atoms with Crippen LogP contribution in [-0.2, 0) is 14.6 Å². The van der Waals surface area contributed by atoms with E-state index in [9.17, 15) is 8.42 Å². The summed E-state index contributed by atoms with van der Waals surface area (Å²) in [6.07, 6.45) is 8.49. The number of hydrogen-bond acceptors (Lipinski definition) is 3. The molecule has 0 fully saturated rings. The highest BCUT2D eigenvalue weighted by Crippen LogP contribution is 2.03. The van der Waals surface area contributed by atoms with E-state index in [2.05, 4.69) is 18.0 Å². The molecule has 0 unspecified atom stereocenters. The SMILES string of the molecule is CCCCCCCC.COS(=O)(=O)O. The van der Waals surface area contributed by atoms with Crippen LogP contribution >= 0.6 is 0 Å². The Labute approximate surface area is 87.6 Å². The molecule has 0 aliphatic rings. The van der Waals surface area contributed by atoms with Crippen LogP contribution in [0.2, 0.25) is 0 Å². The van der Waals surface area contributed by atoms with Crippen molar-refractivity contribution in [3.8, 4) is 0 Å². The molecule has 0 aliphatic carbocycles. The molecule has 0 heterocycles. The molecule has 5 heteroatoms. The highest BCUT2D eigenvalue weighted by atomic mass is 32.3. The fraction of sp³-hybridized carbons (Fsp3) is 1.00. The summed E-state index contributed by atoms with van der Waals surface area (Å²) in [6.45, 7) is 4.51. The quantitative estimate of drug-likeness (QED) is 0.558. The predicted octanol–water partition coefficient (Wildman–Crippen LogP) is 2.80. The van der Waals surface area contributed by atoms with Gasteiger partial charge in [-0.05, 0) is 0 Å². The maximum Gasteiger partial charge on any atom is 0.397 e. The summed E-state index contributed by atoms with van der Waals surface area (Å²) in [7, 11) is -3.29. The van der Waals surface area contributed by atoms with E-state index in [0.717, 1.165) is 7.11 Å². The van der Waals surface area contributed by atoms with E-state index in [1.54, 1.807) is 0 Å². The number of hydrogen-bond donors (Lipinski definition) is 1. The molecule has 14 heavy (non-hydrogen) atoms. The van der Waals surface area contributed by atoms with Crippen molar-refractivity contribution in [3.05, 3.63) is 0 Å². The molecule has 0 rings (SSSR count). The Morgan fingerprint density at radius 2 is 1.29 bits per heavy atom. The van der Waals surface area contributed by atoms with Crippen LogP contribution < -0.4 is 0 Å². The van der Waals surface area contributed by atoms with Crippen LogP contribution in [0.1, 0.15) is 52.4 Å². The minimum absolute atomic E-state index is 0.870. The molecule has 0 saturated carbocycles. The first-order chi connectivity index (χ1) is 6.47. The van der Waals surface area contributed by atoms with E-state index in [1.165, 1.54) is 38.5 Å². The molecule has 0 radical (unpaired) electrons. The second-order valence-electron chi connectivity index (χ2n) is 3.01. The number of unbranched alkanes of at least 4 members (excludes halogenated alkanes) is 5. The molecule has 1 N–H and O–H groups in total. The van der Waals surface area contributed by atoms with Gasteiger partial charge < -0.3 is 0 Å². The van der Waals surface area contributed by atoms with E-state index in [4.69, 9.17) is 4.55 Å². The van der Waals surface area contributed by atoms with Gasteiger partial charge in [-0.1, -0.05) is 52.4 Å². The second kappa shape index (κ2) is 10.9. The van der Waals surface area contributed by atoms with Gasteiger partial charge in [-0.3, -0.25) is 8.74 Å². The van der Waals surface area contributed by atoms with Crippen LogP contribution in [0.3, 0.4) is 0 Å². The van der Waals surface area contributed by atoms with Crippen LogP contribution in [0, 0.1) is 0 Å². The molecule has 0 aromatic heterocycles. The third-order valence-corrected chi connectivity index (χ3v) is 2.09. The summed E-state index contributed by atoms with van der Waals surface area (Å²) < 4.78 is 29.7. The molecule has 0 aromatic carbocycles. The van der Waals surface area contributed by atoms with Crippen molar-refractivity contribution in [2.24, 2.45) is 0 Å². The van der Waals surface area contributed by atoms with Crippen molar-refractivity contribution < 1.29 is 17.2 Å². The topological polar surface area (TPSA) is 63.6 Å². The largest absolute Gasteiger partial charge is 0.397 e. The van der Waals surface area contributed by atoms with E-state index >= 15 is 0 Å². The van der Waals surface area contributed by atoms with Gasteiger partial charge in [0.1, 0.15) is 0 Å². The first-order valence-electron chi connectivity index (χ1n) is 5.01. The summed E-state index contributed by atoms with van der Waals surface area (Å²) in [4.78, 5) is 0. The Hall–Kier alpha value is -0.130. The van der Waals surface area contributed by atoms with E-state index < -0.39 is 10.4 Å². The summed E-state index contributed by atoms with van der Waals surface area (Å²) in [5.41, 5.74) is 0. The van der Waals surface area contributed by atoms with Gasteiger partial charge in [-0.25, -0.2) is 0 Å². The van der Waals surface area contributed by atoms with Gasteiger partial charge in [-0.15, -0.1) is 0 Å². The lowest BCUT2D eigenvalue weighted by molar-refractivity contribution is 0.324. The fourth-order valence-corrected chi connectivity index (χ4v) is 0.854. The molecule has 0 aromatic rings. The second-order valence-corrected chi connectivity index (χ2v) is 4.20. The maximum absolute atomic E-state index is 9.33. The zero-order valence-electron chi connectivity index (χ0n) is 9.32. The minimum atomic E-state index is -4.16. The lowest BCUT2D eigenvalue weighted by Crippen LogP contribution is -1.96. The van der Waals surface area contributed by atoms with Gasteiger partial charge in [0, 0.05) is 0 Å². The van der Waals surface area contributed by atoms with Gasteiger partial charge in [0.2, 0.25) is 0 Å². The Morgan fingerprint density at radius 1 is 1.00 bits per heavy atom. The molecule has 88 valence electrons. The van der Waals surface area contributed by atoms with Crippen LogP contribution in [0.25, 0.3) is 0 Å². The Bertz CT molecular complexity index is 181. The first-order valence-corrected chi connectivity index (χ1v) is 6.37. The lowest BCUT2D eigenvalue weighted by Gasteiger charge is -1.93. The van der Waals surface area contributed by atoms with Crippen molar-refractivity contribution in [3.63, 3.8) is 0 Å². The Kier molecular flexibility index (Phi) is 12.8. The smallest absolute Gasteiger partial charge is 0.264 e. The Morgan fingerprint density at radius 3 is 1.43 bits per heavy atom. The molecule has 0 amide bonds. The molecule has 0 saturated heterocycles. The van der Waals surface area contributed by atoms with E-state index in [1.807, 2.05) is 0 Å². The van der Waals surface area contributed by atoms with Gasteiger partial charge in [-0.2, -0.15) is 8.42 Å². The van der Waals surface area contributed by atoms with Crippen LogP contribution in [-0.4, -0.2) is 20.1 Å². The molecule has 0 atom stereocenters. The van der Waals surface area contributed by atoms with Crippen LogP contribution in [0.4, 0.5) is 0 Å². The highest BCUT2D eigenvalue weighted by molar-refractivity contribution is 7.80. The zero-order valence-corrected chi connectivity index (χ0v) is 10.1. The van der Waals surface area contributed by atoms with Crippen molar-refractivity contribution in [1.29, 1.82) is 0 Å². The lowest BCUT2D eigenvalue weighted by atomic mass is 10.1. The van der Waals surface area contributed by atoms with Crippen molar-refractivity contribution >= 4 is 10.4 Å². The van der Waals surface area contributed by atoms with E-state index in [-0.39, 0.29) is 0 Å². The minimum Gasteiger partial charge on any atom is -0.264 e. The molecule has 0 spiro atoms. The average molecular weight is 226 g/mol. The molecular weight excluding hydrogens is 204 g/mol. The summed E-state index contributed by atoms with van der Waals surface area (Å²) in [5, 5.41) is 0. The monoisotopic (exact) mass is 226 g/mol. The average Bonchev–Trinajstić information content (AvgIpc) is 2.13. The highest BCUT2D eigenvalue weighted by Gasteiger charge is 1.94. The summed E-state index contributed by atoms with van der Waals surface area (Å²) >= 11 is 0. The standard InChI is InChI=1S/C8H18.CH4O4S/c1-3-5-7-8-6-4-2;1-5-6(2,3)4/h3-8H2,1-2H3;1H3,(H,2,3,4). The normalized spacial score (nSPS) is 10.6. The molecule has 0 aliphatic heterocycles. The summed E-state index contributed by atoms with van der Waals surface area (Å²) in [5.74, 6) is 0. The summed E-state index contributed by atoms with van der Waals surface area (Å²) in [6, 6.07) is 0. The van der Waals surface area contributed by atoms with Gasteiger partial charge in [0.15, 0.2) is 0 Å². The first kappa shape index (κ1) is 16.3. The maximum atomic E-state index is 9.33. The predicted molar refractivity (Wildman–Crippen MR) is 57.6 cm³/mol. The Balaban J connectivity index is 0.